The fourth-order valence-corrected chi connectivity index (χ4v) is 4.12. The number of aryl methyl sites for hydroxylation is 1. The Labute approximate surface area is 126 Å². The molecule has 1 aliphatic rings. The Hall–Kier alpha value is -1.14. The quantitative estimate of drug-likeness (QED) is 0.821. The van der Waals surface area contributed by atoms with Gasteiger partial charge in [-0.15, -0.1) is 0 Å². The summed E-state index contributed by atoms with van der Waals surface area (Å²) in [6.07, 6.45) is 2.60. The standard InChI is InChI=1S/C15H23FN2O2S/c1-10(2)6-7-18(12-4-5-12)21(19,20)13-8-11(3)15(16)14(17)9-13/h8-10,12H,4-7,17H2,1-3H3. The average molecular weight is 314 g/mol. The molecule has 1 aliphatic carbocycles. The second-order valence-electron chi connectivity index (χ2n) is 6.17. The van der Waals surface area contributed by atoms with Gasteiger partial charge in [0.05, 0.1) is 10.6 Å². The number of nitrogen functional groups attached to an aromatic ring is 1. The third-order valence-electron chi connectivity index (χ3n) is 3.74. The summed E-state index contributed by atoms with van der Waals surface area (Å²) in [5, 5.41) is 0. The van der Waals surface area contributed by atoms with Crippen LogP contribution in [0.15, 0.2) is 17.0 Å². The van der Waals surface area contributed by atoms with Gasteiger partial charge in [0.1, 0.15) is 5.82 Å². The van der Waals surface area contributed by atoms with Gasteiger partial charge in [0, 0.05) is 12.6 Å². The molecule has 0 unspecified atom stereocenters. The number of sulfonamides is 1. The summed E-state index contributed by atoms with van der Waals surface area (Å²) in [5.41, 5.74) is 5.71. The van der Waals surface area contributed by atoms with Gasteiger partial charge in [-0.2, -0.15) is 4.31 Å². The van der Waals surface area contributed by atoms with E-state index in [4.69, 9.17) is 5.73 Å². The molecule has 0 heterocycles. The van der Waals surface area contributed by atoms with Crippen LogP contribution in [0.1, 0.15) is 38.7 Å². The van der Waals surface area contributed by atoms with E-state index in [0.717, 1.165) is 19.3 Å². The fourth-order valence-electron chi connectivity index (χ4n) is 2.29. The van der Waals surface area contributed by atoms with E-state index in [1.807, 2.05) is 0 Å². The van der Waals surface area contributed by atoms with Crippen molar-refractivity contribution in [3.8, 4) is 0 Å². The molecule has 0 aromatic heterocycles. The summed E-state index contributed by atoms with van der Waals surface area (Å²) in [7, 11) is -3.61. The highest BCUT2D eigenvalue weighted by Gasteiger charge is 2.38. The topological polar surface area (TPSA) is 63.4 Å². The number of rotatable bonds is 6. The molecule has 0 saturated heterocycles. The number of hydrogen-bond donors (Lipinski definition) is 1. The minimum Gasteiger partial charge on any atom is -0.396 e. The zero-order chi connectivity index (χ0) is 15.8. The monoisotopic (exact) mass is 314 g/mol. The van der Waals surface area contributed by atoms with Crippen LogP contribution in [0.2, 0.25) is 0 Å². The molecule has 21 heavy (non-hydrogen) atoms. The Kier molecular flexibility index (Phi) is 4.58. The molecule has 1 fully saturated rings. The molecule has 1 aromatic rings. The Morgan fingerprint density at radius 3 is 2.48 bits per heavy atom. The van der Waals surface area contributed by atoms with Gasteiger partial charge in [-0.25, -0.2) is 12.8 Å². The SMILES string of the molecule is Cc1cc(S(=O)(=O)N(CCC(C)C)C2CC2)cc(N)c1F. The van der Waals surface area contributed by atoms with E-state index >= 15 is 0 Å². The Bertz CT molecular complexity index is 602. The largest absolute Gasteiger partial charge is 0.396 e. The molecule has 118 valence electrons. The minimum absolute atomic E-state index is 0.0836. The number of halogens is 1. The molecule has 0 amide bonds. The van der Waals surface area contributed by atoms with E-state index in [-0.39, 0.29) is 22.2 Å². The summed E-state index contributed by atoms with van der Waals surface area (Å²) < 4.78 is 40.7. The second-order valence-corrected chi connectivity index (χ2v) is 8.06. The van der Waals surface area contributed by atoms with E-state index in [9.17, 15) is 12.8 Å². The molecule has 0 bridgehead atoms. The molecule has 0 atom stereocenters. The molecule has 0 aliphatic heterocycles. The summed E-state index contributed by atoms with van der Waals surface area (Å²) >= 11 is 0. The van der Waals surface area contributed by atoms with Gasteiger partial charge in [-0.3, -0.25) is 0 Å². The minimum atomic E-state index is -3.61. The van der Waals surface area contributed by atoms with Crippen LogP contribution < -0.4 is 5.73 Å². The van der Waals surface area contributed by atoms with E-state index in [0.29, 0.717) is 12.5 Å². The smallest absolute Gasteiger partial charge is 0.243 e. The highest BCUT2D eigenvalue weighted by atomic mass is 32.2. The molecule has 2 rings (SSSR count). The molecule has 1 aromatic carbocycles. The van der Waals surface area contributed by atoms with E-state index in [1.165, 1.54) is 19.1 Å². The molecule has 2 N–H and O–H groups in total. The predicted molar refractivity (Wildman–Crippen MR) is 81.9 cm³/mol. The average Bonchev–Trinajstić information content (AvgIpc) is 3.19. The van der Waals surface area contributed by atoms with Crippen LogP contribution in [-0.4, -0.2) is 25.3 Å². The van der Waals surface area contributed by atoms with Crippen molar-refractivity contribution < 1.29 is 12.8 Å². The lowest BCUT2D eigenvalue weighted by Crippen LogP contribution is -2.34. The van der Waals surface area contributed by atoms with Gasteiger partial charge in [-0.1, -0.05) is 13.8 Å². The van der Waals surface area contributed by atoms with Crippen LogP contribution >= 0.6 is 0 Å². The van der Waals surface area contributed by atoms with Crippen LogP contribution in [0, 0.1) is 18.7 Å². The van der Waals surface area contributed by atoms with Crippen molar-refractivity contribution in [3.05, 3.63) is 23.5 Å². The second kappa shape index (κ2) is 5.93. The fraction of sp³-hybridized carbons (Fsp3) is 0.600. The number of nitrogens with two attached hydrogens (primary N) is 1. The summed E-state index contributed by atoms with van der Waals surface area (Å²) in [6, 6.07) is 2.68. The Balaban J connectivity index is 2.34. The molecule has 0 spiro atoms. The van der Waals surface area contributed by atoms with Gasteiger partial charge in [0.2, 0.25) is 10.0 Å². The van der Waals surface area contributed by atoms with Crippen molar-refractivity contribution in [1.82, 2.24) is 4.31 Å². The van der Waals surface area contributed by atoms with Crippen LogP contribution in [0.5, 0.6) is 0 Å². The summed E-state index contributed by atoms with van der Waals surface area (Å²) in [6.45, 7) is 6.16. The van der Waals surface area contributed by atoms with E-state index in [1.54, 1.807) is 4.31 Å². The normalized spacial score (nSPS) is 15.9. The van der Waals surface area contributed by atoms with Crippen molar-refractivity contribution >= 4 is 15.7 Å². The molecule has 0 radical (unpaired) electrons. The van der Waals surface area contributed by atoms with Gasteiger partial charge in [0.25, 0.3) is 0 Å². The first-order valence-corrected chi connectivity index (χ1v) is 8.75. The third-order valence-corrected chi connectivity index (χ3v) is 5.67. The highest BCUT2D eigenvalue weighted by molar-refractivity contribution is 7.89. The zero-order valence-electron chi connectivity index (χ0n) is 12.8. The van der Waals surface area contributed by atoms with Gasteiger partial charge in [-0.05, 0) is 49.8 Å². The Morgan fingerprint density at radius 2 is 2.00 bits per heavy atom. The van der Waals surface area contributed by atoms with Gasteiger partial charge in [0.15, 0.2) is 0 Å². The lowest BCUT2D eigenvalue weighted by molar-refractivity contribution is 0.373. The lowest BCUT2D eigenvalue weighted by Gasteiger charge is -2.23. The molecular weight excluding hydrogens is 291 g/mol. The number of benzene rings is 1. The number of anilines is 1. The van der Waals surface area contributed by atoms with Crippen molar-refractivity contribution in [2.75, 3.05) is 12.3 Å². The van der Waals surface area contributed by atoms with E-state index < -0.39 is 15.8 Å². The first kappa shape index (κ1) is 16.2. The number of hydrogen-bond acceptors (Lipinski definition) is 3. The predicted octanol–water partition coefficient (Wildman–Crippen LogP) is 2.92. The molecular formula is C15H23FN2O2S. The highest BCUT2D eigenvalue weighted by Crippen LogP contribution is 2.33. The maximum Gasteiger partial charge on any atom is 0.243 e. The van der Waals surface area contributed by atoms with Crippen LogP contribution in [0.3, 0.4) is 0 Å². The maximum atomic E-state index is 13.6. The maximum absolute atomic E-state index is 13.6. The van der Waals surface area contributed by atoms with E-state index in [2.05, 4.69) is 13.8 Å². The first-order valence-electron chi connectivity index (χ1n) is 7.31. The molecule has 4 nitrogen and oxygen atoms in total. The summed E-state index contributed by atoms with van der Waals surface area (Å²) in [5.74, 6) is -0.115. The van der Waals surface area contributed by atoms with Crippen LogP contribution in [0.4, 0.5) is 10.1 Å². The first-order chi connectivity index (χ1) is 9.73. The van der Waals surface area contributed by atoms with Crippen molar-refractivity contribution in [2.24, 2.45) is 5.92 Å². The van der Waals surface area contributed by atoms with Gasteiger partial charge >= 0.3 is 0 Å². The molecule has 1 saturated carbocycles. The van der Waals surface area contributed by atoms with Crippen molar-refractivity contribution in [2.45, 2.75) is 51.0 Å². The molecule has 6 heteroatoms. The third kappa shape index (κ3) is 3.55. The summed E-state index contributed by atoms with van der Waals surface area (Å²) in [4.78, 5) is 0.0922. The van der Waals surface area contributed by atoms with Crippen LogP contribution in [0.25, 0.3) is 0 Å². The van der Waals surface area contributed by atoms with Gasteiger partial charge < -0.3 is 5.73 Å². The lowest BCUT2D eigenvalue weighted by atomic mass is 10.1. The van der Waals surface area contributed by atoms with Crippen molar-refractivity contribution in [3.63, 3.8) is 0 Å². The van der Waals surface area contributed by atoms with Crippen molar-refractivity contribution in [1.29, 1.82) is 0 Å². The zero-order valence-corrected chi connectivity index (χ0v) is 13.6. The number of nitrogens with zero attached hydrogens (tertiary/aromatic N) is 1. The Morgan fingerprint density at radius 1 is 1.38 bits per heavy atom. The van der Waals surface area contributed by atoms with Crippen LogP contribution in [-0.2, 0) is 10.0 Å².